The second kappa shape index (κ2) is 10.1. The molecular weight excluding hydrogens is 450 g/mol. The number of thiazole rings is 1. The van der Waals surface area contributed by atoms with E-state index in [4.69, 9.17) is 14.5 Å². The third kappa shape index (κ3) is 4.59. The summed E-state index contributed by atoms with van der Waals surface area (Å²) in [5.74, 6) is 1.06. The van der Waals surface area contributed by atoms with Crippen molar-refractivity contribution in [2.75, 3.05) is 46.3 Å². The molecule has 2 aromatic heterocycles. The van der Waals surface area contributed by atoms with Crippen LogP contribution in [-0.2, 0) is 0 Å². The number of halogens is 1. The Bertz CT molecular complexity index is 1210. The quantitative estimate of drug-likeness (QED) is 0.402. The molecule has 0 bridgehead atoms. The summed E-state index contributed by atoms with van der Waals surface area (Å²) in [6.07, 6.45) is 1.52. The normalized spacial score (nSPS) is 10.9. The molecule has 0 saturated carbocycles. The van der Waals surface area contributed by atoms with E-state index in [1.165, 1.54) is 17.5 Å². The third-order valence-electron chi connectivity index (χ3n) is 4.81. The molecule has 0 fully saturated rings. The largest absolute Gasteiger partial charge is 0.495 e. The van der Waals surface area contributed by atoms with E-state index >= 15 is 0 Å². The number of amides is 1. The van der Waals surface area contributed by atoms with Crippen LogP contribution in [0.15, 0.2) is 42.6 Å². The van der Waals surface area contributed by atoms with Crippen molar-refractivity contribution in [3.63, 3.8) is 0 Å². The number of ether oxygens (including phenoxy) is 2. The highest BCUT2D eigenvalue weighted by atomic mass is 35.5. The first-order chi connectivity index (χ1) is 15.0. The van der Waals surface area contributed by atoms with Gasteiger partial charge in [0.1, 0.15) is 27.4 Å². The number of fused-ring (bicyclic) bond motifs is 2. The molecule has 168 valence electrons. The second-order valence-corrected chi connectivity index (χ2v) is 8.13. The molecule has 4 rings (SSSR count). The van der Waals surface area contributed by atoms with Crippen molar-refractivity contribution >= 4 is 56.0 Å². The van der Waals surface area contributed by atoms with E-state index in [0.29, 0.717) is 40.8 Å². The summed E-state index contributed by atoms with van der Waals surface area (Å²) in [6.45, 7) is 1.11. The molecule has 0 aliphatic carbocycles. The third-order valence-corrected chi connectivity index (χ3v) is 5.91. The van der Waals surface area contributed by atoms with Crippen LogP contribution in [0.5, 0.6) is 11.5 Å². The number of hydrogen-bond donors (Lipinski definition) is 0. The number of anilines is 1. The maximum absolute atomic E-state index is 13.5. The first kappa shape index (κ1) is 23.6. The van der Waals surface area contributed by atoms with Gasteiger partial charge in [-0.1, -0.05) is 23.5 Å². The lowest BCUT2D eigenvalue weighted by Crippen LogP contribution is -2.37. The predicted molar refractivity (Wildman–Crippen MR) is 130 cm³/mol. The molecule has 0 saturated heterocycles. The fourth-order valence-electron chi connectivity index (χ4n) is 3.17. The van der Waals surface area contributed by atoms with Crippen LogP contribution >= 0.6 is 23.7 Å². The van der Waals surface area contributed by atoms with Gasteiger partial charge in [0.2, 0.25) is 0 Å². The van der Waals surface area contributed by atoms with Gasteiger partial charge in [0.15, 0.2) is 5.13 Å². The molecule has 4 aromatic rings. The first-order valence-electron chi connectivity index (χ1n) is 9.71. The molecule has 10 heteroatoms. The lowest BCUT2D eigenvalue weighted by molar-refractivity contribution is 0.0980. The summed E-state index contributed by atoms with van der Waals surface area (Å²) < 4.78 is 11.8. The molecule has 0 aliphatic rings. The minimum Gasteiger partial charge on any atom is -0.495 e. The number of carbonyl (C=O) groups is 1. The molecule has 32 heavy (non-hydrogen) atoms. The van der Waals surface area contributed by atoms with Gasteiger partial charge in [-0.05, 0) is 38.4 Å². The van der Waals surface area contributed by atoms with E-state index < -0.39 is 0 Å². The number of nitrogens with zero attached hydrogens (tertiary/aromatic N) is 5. The average Bonchev–Trinajstić information content (AvgIpc) is 3.23. The minimum absolute atomic E-state index is 0. The van der Waals surface area contributed by atoms with Crippen molar-refractivity contribution in [1.82, 2.24) is 19.9 Å². The number of carbonyl (C=O) groups excluding carboxylic acids is 1. The minimum atomic E-state index is -0.253. The number of rotatable bonds is 7. The van der Waals surface area contributed by atoms with Gasteiger partial charge >= 0.3 is 0 Å². The summed E-state index contributed by atoms with van der Waals surface area (Å²) in [6, 6.07) is 11.1. The van der Waals surface area contributed by atoms with Crippen molar-refractivity contribution in [3.05, 3.63) is 48.3 Å². The Morgan fingerprint density at radius 3 is 2.34 bits per heavy atom. The zero-order chi connectivity index (χ0) is 22.0. The molecule has 0 atom stereocenters. The first-order valence-corrected chi connectivity index (χ1v) is 10.5. The van der Waals surface area contributed by atoms with Gasteiger partial charge in [0, 0.05) is 13.1 Å². The second-order valence-electron chi connectivity index (χ2n) is 7.15. The number of para-hydroxylation sites is 2. The summed E-state index contributed by atoms with van der Waals surface area (Å²) in [7, 11) is 7.13. The van der Waals surface area contributed by atoms with Gasteiger partial charge in [-0.15, -0.1) is 12.4 Å². The summed E-state index contributed by atoms with van der Waals surface area (Å²) in [5.41, 5.74) is 2.35. The molecule has 1 amide bonds. The fraction of sp³-hybridized carbons (Fsp3) is 0.273. The number of benzene rings is 2. The van der Waals surface area contributed by atoms with Crippen molar-refractivity contribution < 1.29 is 14.3 Å². The van der Waals surface area contributed by atoms with Crippen LogP contribution in [-0.4, -0.2) is 67.2 Å². The topological polar surface area (TPSA) is 80.7 Å². The van der Waals surface area contributed by atoms with E-state index in [2.05, 4.69) is 9.97 Å². The molecule has 0 radical (unpaired) electrons. The van der Waals surface area contributed by atoms with Crippen LogP contribution in [0.1, 0.15) is 10.5 Å². The zero-order valence-corrected chi connectivity index (χ0v) is 19.9. The number of likely N-dealkylation sites (N-methyl/N-ethyl adjacent to an activating group) is 1. The molecule has 0 N–H and O–H groups in total. The Balaban J connectivity index is 0.00000289. The Kier molecular flexibility index (Phi) is 7.44. The van der Waals surface area contributed by atoms with Crippen LogP contribution in [0, 0.1) is 0 Å². The monoisotopic (exact) mass is 473 g/mol. The van der Waals surface area contributed by atoms with Gasteiger partial charge < -0.3 is 14.4 Å². The smallest absolute Gasteiger partial charge is 0.280 e. The van der Waals surface area contributed by atoms with Crippen LogP contribution in [0.3, 0.4) is 0 Å². The van der Waals surface area contributed by atoms with Gasteiger partial charge in [0.05, 0.1) is 31.4 Å². The SMILES string of the molecule is COc1ccc(OC)c2sc(N(CCN(C)C)C(=O)c3cnc4ccccc4n3)nc12.Cl. The number of aromatic nitrogens is 3. The molecule has 2 aromatic carbocycles. The number of hydrogen-bond acceptors (Lipinski definition) is 8. The Morgan fingerprint density at radius 1 is 0.969 bits per heavy atom. The van der Waals surface area contributed by atoms with Crippen molar-refractivity contribution in [2.24, 2.45) is 0 Å². The standard InChI is InChI=1S/C22H23N5O3S.ClH/c1-26(2)11-12-27(21(28)16-13-23-14-7-5-6-8-15(14)24-16)22-25-19-17(29-3)9-10-18(30-4)20(19)31-22;/h5-10,13H,11-12H2,1-4H3;1H. The van der Waals surface area contributed by atoms with Crippen molar-refractivity contribution in [3.8, 4) is 11.5 Å². The molecule has 0 spiro atoms. The highest BCUT2D eigenvalue weighted by Crippen LogP contribution is 2.40. The molecular formula is C22H24ClN5O3S. The van der Waals surface area contributed by atoms with Crippen LogP contribution in [0.25, 0.3) is 21.3 Å². The lowest BCUT2D eigenvalue weighted by atomic mass is 10.3. The van der Waals surface area contributed by atoms with Gasteiger partial charge in [0.25, 0.3) is 5.91 Å². The highest BCUT2D eigenvalue weighted by Gasteiger charge is 2.25. The maximum atomic E-state index is 13.5. The van der Waals surface area contributed by atoms with E-state index in [9.17, 15) is 4.79 Å². The Morgan fingerprint density at radius 2 is 1.66 bits per heavy atom. The predicted octanol–water partition coefficient (Wildman–Crippen LogP) is 3.89. The Hall–Kier alpha value is -3.01. The Labute approximate surface area is 196 Å². The summed E-state index contributed by atoms with van der Waals surface area (Å²) in [4.78, 5) is 30.8. The summed E-state index contributed by atoms with van der Waals surface area (Å²) in [5, 5.41) is 0.555. The molecule has 0 aliphatic heterocycles. The fourth-order valence-corrected chi connectivity index (χ4v) is 4.27. The number of methoxy groups -OCH3 is 2. The highest BCUT2D eigenvalue weighted by molar-refractivity contribution is 7.22. The van der Waals surface area contributed by atoms with E-state index in [-0.39, 0.29) is 24.0 Å². The van der Waals surface area contributed by atoms with Crippen LogP contribution in [0.2, 0.25) is 0 Å². The average molecular weight is 474 g/mol. The maximum Gasteiger partial charge on any atom is 0.280 e. The van der Waals surface area contributed by atoms with Crippen molar-refractivity contribution in [2.45, 2.75) is 0 Å². The summed E-state index contributed by atoms with van der Waals surface area (Å²) >= 11 is 1.39. The van der Waals surface area contributed by atoms with Gasteiger partial charge in [-0.2, -0.15) is 0 Å². The van der Waals surface area contributed by atoms with Crippen LogP contribution in [0.4, 0.5) is 5.13 Å². The lowest BCUT2D eigenvalue weighted by Gasteiger charge is -2.21. The van der Waals surface area contributed by atoms with E-state index in [1.807, 2.05) is 55.4 Å². The van der Waals surface area contributed by atoms with E-state index in [1.54, 1.807) is 19.1 Å². The van der Waals surface area contributed by atoms with Crippen LogP contribution < -0.4 is 14.4 Å². The van der Waals surface area contributed by atoms with Crippen molar-refractivity contribution in [1.29, 1.82) is 0 Å². The molecule has 0 unspecified atom stereocenters. The van der Waals surface area contributed by atoms with Gasteiger partial charge in [-0.3, -0.25) is 14.7 Å². The van der Waals surface area contributed by atoms with E-state index in [0.717, 1.165) is 10.2 Å². The molecule has 2 heterocycles. The molecule has 8 nitrogen and oxygen atoms in total. The van der Waals surface area contributed by atoms with Gasteiger partial charge in [-0.25, -0.2) is 9.97 Å². The zero-order valence-electron chi connectivity index (χ0n) is 18.2.